The monoisotopic (exact) mass is 309 g/mol. The molecule has 1 saturated heterocycles. The van der Waals surface area contributed by atoms with E-state index < -0.39 is 0 Å². The van der Waals surface area contributed by atoms with Crippen molar-refractivity contribution in [2.75, 3.05) is 19.7 Å². The molecule has 1 amide bonds. The van der Waals surface area contributed by atoms with Crippen LogP contribution >= 0.6 is 0 Å². The van der Waals surface area contributed by atoms with Gasteiger partial charge in [0.15, 0.2) is 0 Å². The second-order valence-electron chi connectivity index (χ2n) is 5.32. The summed E-state index contributed by atoms with van der Waals surface area (Å²) in [4.78, 5) is 22.7. The van der Waals surface area contributed by atoms with Crippen molar-refractivity contribution in [1.82, 2.24) is 24.5 Å². The van der Waals surface area contributed by atoms with E-state index in [0.717, 1.165) is 5.56 Å². The number of amides is 1. The molecule has 7 nitrogen and oxygen atoms in total. The number of carbonyl (C=O) groups excluding carboxylic acids is 1. The van der Waals surface area contributed by atoms with Gasteiger partial charge in [-0.1, -0.05) is 30.3 Å². The van der Waals surface area contributed by atoms with Gasteiger partial charge < -0.3 is 9.64 Å². The largest absolute Gasteiger partial charge is 0.370 e. The van der Waals surface area contributed by atoms with Crippen molar-refractivity contribution in [2.24, 2.45) is 0 Å². The normalized spacial score (nSPS) is 18.3. The van der Waals surface area contributed by atoms with Gasteiger partial charge in [-0.25, -0.2) is 9.50 Å². The maximum atomic E-state index is 12.7. The summed E-state index contributed by atoms with van der Waals surface area (Å²) in [5.41, 5.74) is 1.06. The smallest absolute Gasteiger partial charge is 0.293 e. The Balaban J connectivity index is 1.56. The van der Waals surface area contributed by atoms with Crippen LogP contribution in [0.3, 0.4) is 0 Å². The summed E-state index contributed by atoms with van der Waals surface area (Å²) in [5.74, 6) is 0.390. The van der Waals surface area contributed by atoms with Gasteiger partial charge in [-0.2, -0.15) is 4.98 Å². The molecular weight excluding hydrogens is 294 g/mol. The predicted molar refractivity (Wildman–Crippen MR) is 81.8 cm³/mol. The summed E-state index contributed by atoms with van der Waals surface area (Å²) >= 11 is 0. The van der Waals surface area contributed by atoms with Crippen LogP contribution in [-0.4, -0.2) is 50.1 Å². The van der Waals surface area contributed by atoms with E-state index in [1.54, 1.807) is 23.4 Å². The van der Waals surface area contributed by atoms with Gasteiger partial charge in [-0.15, -0.1) is 5.10 Å². The molecular formula is C16H15N5O2. The molecule has 0 unspecified atom stereocenters. The van der Waals surface area contributed by atoms with Crippen LogP contribution in [0.15, 0.2) is 48.8 Å². The van der Waals surface area contributed by atoms with Crippen LogP contribution in [0.5, 0.6) is 0 Å². The van der Waals surface area contributed by atoms with E-state index >= 15 is 0 Å². The summed E-state index contributed by atoms with van der Waals surface area (Å²) in [5, 5.41) is 4.20. The average molecular weight is 309 g/mol. The van der Waals surface area contributed by atoms with Crippen LogP contribution in [0.2, 0.25) is 0 Å². The standard InChI is InChI=1S/C16H15N5O2/c22-15(14-18-16-17-7-4-8-21(16)19-14)20-9-10-23-13(11-20)12-5-2-1-3-6-12/h1-8,13H,9-11H2/t13-/m0/s1. The van der Waals surface area contributed by atoms with Crippen molar-refractivity contribution in [1.29, 1.82) is 0 Å². The molecule has 0 N–H and O–H groups in total. The minimum Gasteiger partial charge on any atom is -0.370 e. The third-order valence-electron chi connectivity index (χ3n) is 3.83. The van der Waals surface area contributed by atoms with E-state index in [9.17, 15) is 4.79 Å². The summed E-state index contributed by atoms with van der Waals surface area (Å²) in [6.07, 6.45) is 3.22. The number of nitrogens with zero attached hydrogens (tertiary/aromatic N) is 5. The number of rotatable bonds is 2. The first-order valence-corrected chi connectivity index (χ1v) is 7.44. The van der Waals surface area contributed by atoms with Gasteiger partial charge in [0.25, 0.3) is 11.7 Å². The molecule has 4 rings (SSSR count). The van der Waals surface area contributed by atoms with Gasteiger partial charge in [-0.05, 0) is 11.6 Å². The van der Waals surface area contributed by atoms with E-state index in [-0.39, 0.29) is 17.8 Å². The maximum absolute atomic E-state index is 12.7. The number of ether oxygens (including phenoxy) is 1. The summed E-state index contributed by atoms with van der Waals surface area (Å²) in [7, 11) is 0. The van der Waals surface area contributed by atoms with E-state index in [1.807, 2.05) is 30.3 Å². The lowest BCUT2D eigenvalue weighted by atomic mass is 10.1. The Morgan fingerprint density at radius 3 is 2.91 bits per heavy atom. The van der Waals surface area contributed by atoms with Crippen molar-refractivity contribution in [2.45, 2.75) is 6.10 Å². The number of aromatic nitrogens is 4. The zero-order valence-electron chi connectivity index (χ0n) is 12.4. The highest BCUT2D eigenvalue weighted by atomic mass is 16.5. The predicted octanol–water partition coefficient (Wildman–Crippen LogP) is 1.34. The number of hydrogen-bond donors (Lipinski definition) is 0. The minimum atomic E-state index is -0.195. The molecule has 116 valence electrons. The highest BCUT2D eigenvalue weighted by Crippen LogP contribution is 2.22. The molecule has 23 heavy (non-hydrogen) atoms. The van der Waals surface area contributed by atoms with E-state index in [0.29, 0.717) is 25.5 Å². The van der Waals surface area contributed by atoms with E-state index in [2.05, 4.69) is 15.1 Å². The van der Waals surface area contributed by atoms with Crippen LogP contribution in [0.25, 0.3) is 5.78 Å². The van der Waals surface area contributed by atoms with Gasteiger partial charge in [0.05, 0.1) is 13.2 Å². The molecule has 1 atom stereocenters. The van der Waals surface area contributed by atoms with Gasteiger partial charge in [0, 0.05) is 18.9 Å². The third-order valence-corrected chi connectivity index (χ3v) is 3.83. The maximum Gasteiger partial charge on any atom is 0.293 e. The first kappa shape index (κ1) is 13.8. The Bertz CT molecular complexity index is 800. The van der Waals surface area contributed by atoms with Gasteiger partial charge in [0.1, 0.15) is 6.10 Å². The minimum absolute atomic E-state index is 0.121. The molecule has 3 aromatic rings. The van der Waals surface area contributed by atoms with Gasteiger partial charge in [0.2, 0.25) is 5.82 Å². The van der Waals surface area contributed by atoms with Crippen molar-refractivity contribution in [3.05, 3.63) is 60.2 Å². The SMILES string of the molecule is O=C(c1nc2ncccn2n1)N1CCO[C@H](c2ccccc2)C1. The quantitative estimate of drug-likeness (QED) is 0.714. The Morgan fingerprint density at radius 2 is 2.09 bits per heavy atom. The van der Waals surface area contributed by atoms with Crippen molar-refractivity contribution in [3.63, 3.8) is 0 Å². The molecule has 0 spiro atoms. The van der Waals surface area contributed by atoms with Crippen molar-refractivity contribution in [3.8, 4) is 0 Å². The van der Waals surface area contributed by atoms with Crippen LogP contribution in [0.4, 0.5) is 0 Å². The highest BCUT2D eigenvalue weighted by molar-refractivity contribution is 5.91. The number of benzene rings is 1. The lowest BCUT2D eigenvalue weighted by Crippen LogP contribution is -2.42. The van der Waals surface area contributed by atoms with Crippen molar-refractivity contribution < 1.29 is 9.53 Å². The van der Waals surface area contributed by atoms with E-state index in [4.69, 9.17) is 4.74 Å². The van der Waals surface area contributed by atoms with Gasteiger partial charge in [-0.3, -0.25) is 4.79 Å². The summed E-state index contributed by atoms with van der Waals surface area (Å²) in [6.45, 7) is 1.52. The molecule has 1 fully saturated rings. The molecule has 7 heteroatoms. The molecule has 1 aliphatic rings. The molecule has 0 bridgehead atoms. The fourth-order valence-electron chi connectivity index (χ4n) is 2.67. The van der Waals surface area contributed by atoms with E-state index in [1.165, 1.54) is 4.52 Å². The Labute approximate surface area is 132 Å². The fraction of sp³-hybridized carbons (Fsp3) is 0.250. The zero-order chi connectivity index (χ0) is 15.6. The van der Waals surface area contributed by atoms with Crippen LogP contribution < -0.4 is 0 Å². The molecule has 2 aromatic heterocycles. The lowest BCUT2D eigenvalue weighted by Gasteiger charge is -2.32. The summed E-state index contributed by atoms with van der Waals surface area (Å²) < 4.78 is 7.29. The number of carbonyl (C=O) groups is 1. The zero-order valence-corrected chi connectivity index (χ0v) is 12.4. The number of fused-ring (bicyclic) bond motifs is 1. The Kier molecular flexibility index (Phi) is 3.47. The third kappa shape index (κ3) is 2.66. The number of morpholine rings is 1. The van der Waals surface area contributed by atoms with Crippen LogP contribution in [0, 0.1) is 0 Å². The molecule has 1 aliphatic heterocycles. The first-order chi connectivity index (χ1) is 11.3. The fourth-order valence-corrected chi connectivity index (χ4v) is 2.67. The molecule has 0 radical (unpaired) electrons. The molecule has 0 saturated carbocycles. The lowest BCUT2D eigenvalue weighted by molar-refractivity contribution is -0.0232. The summed E-state index contributed by atoms with van der Waals surface area (Å²) in [6, 6.07) is 11.7. The molecule has 3 heterocycles. The second kappa shape index (κ2) is 5.77. The first-order valence-electron chi connectivity index (χ1n) is 7.44. The topological polar surface area (TPSA) is 72.6 Å². The van der Waals surface area contributed by atoms with Crippen LogP contribution in [0.1, 0.15) is 22.3 Å². The van der Waals surface area contributed by atoms with Crippen LogP contribution in [-0.2, 0) is 4.74 Å². The second-order valence-corrected chi connectivity index (χ2v) is 5.32. The number of hydrogen-bond acceptors (Lipinski definition) is 5. The molecule has 1 aromatic carbocycles. The van der Waals surface area contributed by atoms with Crippen molar-refractivity contribution >= 4 is 11.7 Å². The van der Waals surface area contributed by atoms with Gasteiger partial charge >= 0.3 is 0 Å². The average Bonchev–Trinajstić information content (AvgIpc) is 3.06. The molecule has 0 aliphatic carbocycles. The Morgan fingerprint density at radius 1 is 1.22 bits per heavy atom. The Hall–Kier alpha value is -2.80. The highest BCUT2D eigenvalue weighted by Gasteiger charge is 2.28.